The van der Waals surface area contributed by atoms with E-state index in [1.54, 1.807) is 23.9 Å². The SMILES string of the molecule is CSC(C)CCNS(=O)(=O)c1cccc(CO)c1. The molecule has 2 N–H and O–H groups in total. The van der Waals surface area contributed by atoms with Gasteiger partial charge in [0.25, 0.3) is 0 Å². The van der Waals surface area contributed by atoms with E-state index in [1.807, 2.05) is 6.26 Å². The number of aliphatic hydroxyl groups excluding tert-OH is 1. The third-order valence-corrected chi connectivity index (χ3v) is 5.14. The topological polar surface area (TPSA) is 66.4 Å². The number of rotatable bonds is 7. The molecule has 0 bridgehead atoms. The normalized spacial score (nSPS) is 13.5. The van der Waals surface area contributed by atoms with Gasteiger partial charge in [-0.1, -0.05) is 19.1 Å². The van der Waals surface area contributed by atoms with Crippen molar-refractivity contribution in [2.45, 2.75) is 30.1 Å². The number of hydrogen-bond acceptors (Lipinski definition) is 4. The monoisotopic (exact) mass is 289 g/mol. The van der Waals surface area contributed by atoms with Gasteiger partial charge in [0.1, 0.15) is 0 Å². The lowest BCUT2D eigenvalue weighted by Gasteiger charge is -2.10. The van der Waals surface area contributed by atoms with Gasteiger partial charge in [-0.15, -0.1) is 0 Å². The molecule has 0 saturated heterocycles. The highest BCUT2D eigenvalue weighted by Gasteiger charge is 2.14. The molecule has 4 nitrogen and oxygen atoms in total. The standard InChI is InChI=1S/C12H19NO3S2/c1-10(17-2)6-7-13-18(15,16)12-5-3-4-11(8-12)9-14/h3-5,8,10,13-14H,6-7,9H2,1-2H3. The summed E-state index contributed by atoms with van der Waals surface area (Å²) >= 11 is 1.71. The Morgan fingerprint density at radius 2 is 2.17 bits per heavy atom. The molecule has 1 aromatic rings. The molecule has 0 aromatic heterocycles. The summed E-state index contributed by atoms with van der Waals surface area (Å²) in [6.07, 6.45) is 2.80. The maximum absolute atomic E-state index is 12.0. The van der Waals surface area contributed by atoms with Crippen molar-refractivity contribution >= 4 is 21.8 Å². The minimum Gasteiger partial charge on any atom is -0.392 e. The average molecular weight is 289 g/mol. The Morgan fingerprint density at radius 3 is 2.78 bits per heavy atom. The van der Waals surface area contributed by atoms with Crippen LogP contribution >= 0.6 is 11.8 Å². The van der Waals surface area contributed by atoms with Crippen molar-refractivity contribution in [1.29, 1.82) is 0 Å². The Morgan fingerprint density at radius 1 is 1.44 bits per heavy atom. The molecule has 0 saturated carbocycles. The summed E-state index contributed by atoms with van der Waals surface area (Å²) in [5, 5.41) is 9.42. The van der Waals surface area contributed by atoms with Crippen LogP contribution in [0.5, 0.6) is 0 Å². The first-order chi connectivity index (χ1) is 8.49. The highest BCUT2D eigenvalue weighted by molar-refractivity contribution is 7.99. The van der Waals surface area contributed by atoms with Crippen LogP contribution in [0.4, 0.5) is 0 Å². The molecule has 0 aliphatic rings. The van der Waals surface area contributed by atoms with Crippen molar-refractivity contribution in [1.82, 2.24) is 4.72 Å². The van der Waals surface area contributed by atoms with Crippen molar-refractivity contribution in [3.05, 3.63) is 29.8 Å². The molecular formula is C12H19NO3S2. The zero-order valence-electron chi connectivity index (χ0n) is 10.6. The smallest absolute Gasteiger partial charge is 0.240 e. The van der Waals surface area contributed by atoms with Gasteiger partial charge in [0.05, 0.1) is 11.5 Å². The average Bonchev–Trinajstić information content (AvgIpc) is 2.38. The highest BCUT2D eigenvalue weighted by atomic mass is 32.2. The van der Waals surface area contributed by atoms with Gasteiger partial charge in [0, 0.05) is 11.8 Å². The van der Waals surface area contributed by atoms with E-state index in [0.717, 1.165) is 6.42 Å². The summed E-state index contributed by atoms with van der Waals surface area (Å²) in [5.74, 6) is 0. The van der Waals surface area contributed by atoms with Crippen LogP contribution in [0.1, 0.15) is 18.9 Å². The number of nitrogens with one attached hydrogen (secondary N) is 1. The lowest BCUT2D eigenvalue weighted by molar-refractivity contribution is 0.281. The molecule has 0 amide bonds. The summed E-state index contributed by atoms with van der Waals surface area (Å²) < 4.78 is 26.5. The van der Waals surface area contributed by atoms with E-state index in [0.29, 0.717) is 17.4 Å². The van der Waals surface area contributed by atoms with E-state index in [9.17, 15) is 8.42 Å². The molecule has 1 atom stereocenters. The van der Waals surface area contributed by atoms with E-state index in [2.05, 4.69) is 11.6 Å². The Hall–Kier alpha value is -0.560. The molecule has 1 unspecified atom stereocenters. The Bertz CT molecular complexity index is 474. The zero-order chi connectivity index (χ0) is 13.6. The first-order valence-electron chi connectivity index (χ1n) is 5.72. The van der Waals surface area contributed by atoms with Gasteiger partial charge in [-0.3, -0.25) is 0 Å². The van der Waals surface area contributed by atoms with Gasteiger partial charge in [-0.05, 0) is 30.4 Å². The highest BCUT2D eigenvalue weighted by Crippen LogP contribution is 2.13. The molecule has 0 aliphatic heterocycles. The first kappa shape index (κ1) is 15.5. The van der Waals surface area contributed by atoms with Crippen molar-refractivity contribution in [2.75, 3.05) is 12.8 Å². The zero-order valence-corrected chi connectivity index (χ0v) is 12.2. The largest absolute Gasteiger partial charge is 0.392 e. The first-order valence-corrected chi connectivity index (χ1v) is 8.49. The van der Waals surface area contributed by atoms with Crippen LogP contribution in [0, 0.1) is 0 Å². The number of hydrogen-bond donors (Lipinski definition) is 2. The molecule has 102 valence electrons. The fourth-order valence-electron chi connectivity index (χ4n) is 1.41. The van der Waals surface area contributed by atoms with Crippen molar-refractivity contribution in [3.8, 4) is 0 Å². The number of aliphatic hydroxyl groups is 1. The molecule has 18 heavy (non-hydrogen) atoms. The molecule has 0 spiro atoms. The second-order valence-corrected chi connectivity index (χ2v) is 7.08. The molecule has 0 fully saturated rings. The third kappa shape index (κ3) is 4.61. The minimum absolute atomic E-state index is 0.160. The molecule has 1 aromatic carbocycles. The summed E-state index contributed by atoms with van der Waals surface area (Å²) in [7, 11) is -3.47. The van der Waals surface area contributed by atoms with E-state index in [-0.39, 0.29) is 11.5 Å². The van der Waals surface area contributed by atoms with Gasteiger partial charge >= 0.3 is 0 Å². The van der Waals surface area contributed by atoms with Gasteiger partial charge < -0.3 is 5.11 Å². The Balaban J connectivity index is 2.68. The molecule has 6 heteroatoms. The summed E-state index contributed by atoms with van der Waals surface area (Å²) in [6.45, 7) is 2.33. The van der Waals surface area contributed by atoms with E-state index < -0.39 is 10.0 Å². The van der Waals surface area contributed by atoms with Crippen LogP contribution in [-0.4, -0.2) is 31.6 Å². The number of sulfonamides is 1. The number of benzene rings is 1. The van der Waals surface area contributed by atoms with Gasteiger partial charge in [0.15, 0.2) is 0 Å². The molecular weight excluding hydrogens is 270 g/mol. The van der Waals surface area contributed by atoms with Crippen molar-refractivity contribution < 1.29 is 13.5 Å². The quantitative estimate of drug-likeness (QED) is 0.800. The van der Waals surface area contributed by atoms with Crippen LogP contribution in [-0.2, 0) is 16.6 Å². The van der Waals surface area contributed by atoms with Crippen LogP contribution in [0.15, 0.2) is 29.2 Å². The second kappa shape index (κ2) is 7.13. The fraction of sp³-hybridized carbons (Fsp3) is 0.500. The second-order valence-electron chi connectivity index (χ2n) is 4.04. The summed E-state index contributed by atoms with van der Waals surface area (Å²) in [5.41, 5.74) is 0.593. The lowest BCUT2D eigenvalue weighted by Crippen LogP contribution is -2.26. The van der Waals surface area contributed by atoms with Crippen LogP contribution in [0.3, 0.4) is 0 Å². The van der Waals surface area contributed by atoms with E-state index in [4.69, 9.17) is 5.11 Å². The van der Waals surface area contributed by atoms with Gasteiger partial charge in [0.2, 0.25) is 10.0 Å². The van der Waals surface area contributed by atoms with Crippen LogP contribution in [0.25, 0.3) is 0 Å². The molecule has 0 aliphatic carbocycles. The third-order valence-electron chi connectivity index (χ3n) is 2.64. The molecule has 0 heterocycles. The Labute approximate surface area is 113 Å². The maximum atomic E-state index is 12.0. The molecule has 0 radical (unpaired) electrons. The summed E-state index contributed by atoms with van der Waals surface area (Å²) in [6, 6.07) is 6.33. The predicted molar refractivity (Wildman–Crippen MR) is 75.1 cm³/mol. The van der Waals surface area contributed by atoms with Gasteiger partial charge in [-0.25, -0.2) is 13.1 Å². The fourth-order valence-corrected chi connectivity index (χ4v) is 2.88. The van der Waals surface area contributed by atoms with Crippen molar-refractivity contribution in [2.24, 2.45) is 0 Å². The van der Waals surface area contributed by atoms with E-state index >= 15 is 0 Å². The minimum atomic E-state index is -3.47. The number of thioether (sulfide) groups is 1. The lowest BCUT2D eigenvalue weighted by atomic mass is 10.2. The maximum Gasteiger partial charge on any atom is 0.240 e. The van der Waals surface area contributed by atoms with Gasteiger partial charge in [-0.2, -0.15) is 11.8 Å². The summed E-state index contributed by atoms with van der Waals surface area (Å²) in [4.78, 5) is 0.200. The Kier molecular flexibility index (Phi) is 6.14. The van der Waals surface area contributed by atoms with E-state index in [1.165, 1.54) is 12.1 Å². The molecule has 1 rings (SSSR count). The van der Waals surface area contributed by atoms with Crippen LogP contribution < -0.4 is 4.72 Å². The predicted octanol–water partition coefficient (Wildman–Crippen LogP) is 1.60. The van der Waals surface area contributed by atoms with Crippen LogP contribution in [0.2, 0.25) is 0 Å². The van der Waals surface area contributed by atoms with Crippen molar-refractivity contribution in [3.63, 3.8) is 0 Å².